The van der Waals surface area contributed by atoms with Crippen molar-refractivity contribution in [2.24, 2.45) is 5.92 Å². The highest BCUT2D eigenvalue weighted by Crippen LogP contribution is 2.15. The van der Waals surface area contributed by atoms with Gasteiger partial charge < -0.3 is 10.6 Å². The van der Waals surface area contributed by atoms with Crippen molar-refractivity contribution in [1.82, 2.24) is 15.6 Å². The Morgan fingerprint density at radius 1 is 1.33 bits per heavy atom. The number of hydrogen-bond donors (Lipinski definition) is 2. The van der Waals surface area contributed by atoms with Crippen molar-refractivity contribution in [2.75, 3.05) is 19.6 Å². The minimum atomic E-state index is 0.191. The van der Waals surface area contributed by atoms with Crippen LogP contribution in [-0.2, 0) is 11.2 Å². The molecule has 0 bridgehead atoms. The quantitative estimate of drug-likeness (QED) is 0.820. The molecule has 2 rings (SSSR count). The lowest BCUT2D eigenvalue weighted by molar-refractivity contribution is -0.122. The van der Waals surface area contributed by atoms with Gasteiger partial charge in [0, 0.05) is 25.4 Å². The number of piperidine rings is 1. The minimum Gasteiger partial charge on any atom is -0.356 e. The summed E-state index contributed by atoms with van der Waals surface area (Å²) in [6.07, 6.45) is 7.37. The fourth-order valence-electron chi connectivity index (χ4n) is 2.32. The smallest absolute Gasteiger partial charge is 0.220 e. The maximum Gasteiger partial charge on any atom is 0.220 e. The van der Waals surface area contributed by atoms with E-state index in [1.807, 2.05) is 12.1 Å². The number of carbonyl (C=O) groups is 1. The zero-order valence-electron chi connectivity index (χ0n) is 10.7. The summed E-state index contributed by atoms with van der Waals surface area (Å²) in [4.78, 5) is 15.7. The molecule has 0 unspecified atom stereocenters. The summed E-state index contributed by atoms with van der Waals surface area (Å²) in [6, 6.07) is 3.97. The van der Waals surface area contributed by atoms with Crippen molar-refractivity contribution in [3.8, 4) is 0 Å². The number of nitrogens with one attached hydrogen (secondary N) is 2. The normalized spacial score (nSPS) is 16.4. The first-order valence-electron chi connectivity index (χ1n) is 6.71. The molecular weight excluding hydrogens is 226 g/mol. The van der Waals surface area contributed by atoms with Gasteiger partial charge in [0.25, 0.3) is 0 Å². The Morgan fingerprint density at radius 3 is 2.78 bits per heavy atom. The molecule has 1 amide bonds. The molecule has 2 heterocycles. The molecule has 0 aliphatic carbocycles. The van der Waals surface area contributed by atoms with Crippen LogP contribution in [0.5, 0.6) is 0 Å². The van der Waals surface area contributed by atoms with Crippen LogP contribution in [0, 0.1) is 5.92 Å². The fraction of sp³-hybridized carbons (Fsp3) is 0.571. The molecule has 98 valence electrons. The van der Waals surface area contributed by atoms with E-state index >= 15 is 0 Å². The lowest BCUT2D eigenvalue weighted by Crippen LogP contribution is -2.33. The van der Waals surface area contributed by atoms with E-state index in [9.17, 15) is 4.79 Å². The highest BCUT2D eigenvalue weighted by atomic mass is 16.1. The van der Waals surface area contributed by atoms with Gasteiger partial charge in [0.2, 0.25) is 5.91 Å². The van der Waals surface area contributed by atoms with E-state index < -0.39 is 0 Å². The minimum absolute atomic E-state index is 0.191. The zero-order chi connectivity index (χ0) is 12.6. The van der Waals surface area contributed by atoms with Crippen LogP contribution in [0.2, 0.25) is 0 Å². The van der Waals surface area contributed by atoms with E-state index in [1.54, 1.807) is 12.4 Å². The van der Waals surface area contributed by atoms with Crippen LogP contribution in [0.1, 0.15) is 24.8 Å². The van der Waals surface area contributed by atoms with Crippen molar-refractivity contribution in [1.29, 1.82) is 0 Å². The SMILES string of the molecule is O=C(CC1CCNCC1)NCCc1ccncc1. The van der Waals surface area contributed by atoms with Gasteiger partial charge in [-0.1, -0.05) is 0 Å². The van der Waals surface area contributed by atoms with Gasteiger partial charge in [0.05, 0.1) is 0 Å². The number of carbonyl (C=O) groups excluding carboxylic acids is 1. The van der Waals surface area contributed by atoms with E-state index in [2.05, 4.69) is 15.6 Å². The third-order valence-electron chi connectivity index (χ3n) is 3.42. The van der Waals surface area contributed by atoms with Crippen LogP contribution in [0.15, 0.2) is 24.5 Å². The van der Waals surface area contributed by atoms with Crippen LogP contribution >= 0.6 is 0 Å². The highest BCUT2D eigenvalue weighted by molar-refractivity contribution is 5.76. The summed E-state index contributed by atoms with van der Waals surface area (Å²) in [6.45, 7) is 2.82. The standard InChI is InChI=1S/C14H21N3O/c18-14(11-13-3-8-16-9-4-13)17-10-5-12-1-6-15-7-2-12/h1-2,6-7,13,16H,3-5,8-11H2,(H,17,18). The predicted molar refractivity (Wildman–Crippen MR) is 71.2 cm³/mol. The summed E-state index contributed by atoms with van der Waals surface area (Å²) in [7, 11) is 0. The fourth-order valence-corrected chi connectivity index (χ4v) is 2.32. The Bertz CT molecular complexity index is 361. The second kappa shape index (κ2) is 7.11. The molecule has 0 saturated carbocycles. The van der Waals surface area contributed by atoms with Crippen molar-refractivity contribution in [3.63, 3.8) is 0 Å². The zero-order valence-corrected chi connectivity index (χ0v) is 10.7. The molecule has 0 aromatic carbocycles. The molecule has 1 aromatic rings. The number of hydrogen-bond acceptors (Lipinski definition) is 3. The summed E-state index contributed by atoms with van der Waals surface area (Å²) in [5.74, 6) is 0.753. The summed E-state index contributed by atoms with van der Waals surface area (Å²) in [5, 5.41) is 6.31. The average molecular weight is 247 g/mol. The maximum absolute atomic E-state index is 11.8. The second-order valence-electron chi connectivity index (χ2n) is 4.85. The Labute approximate surface area is 108 Å². The molecule has 1 aliphatic heterocycles. The molecule has 2 N–H and O–H groups in total. The van der Waals surface area contributed by atoms with E-state index in [4.69, 9.17) is 0 Å². The van der Waals surface area contributed by atoms with E-state index in [0.717, 1.165) is 32.4 Å². The summed E-state index contributed by atoms with van der Waals surface area (Å²) < 4.78 is 0. The molecule has 4 heteroatoms. The number of amides is 1. The first-order valence-corrected chi connectivity index (χ1v) is 6.71. The Kier molecular flexibility index (Phi) is 5.15. The highest BCUT2D eigenvalue weighted by Gasteiger charge is 2.16. The van der Waals surface area contributed by atoms with Gasteiger partial charge in [-0.3, -0.25) is 9.78 Å². The van der Waals surface area contributed by atoms with Gasteiger partial charge in [-0.15, -0.1) is 0 Å². The van der Waals surface area contributed by atoms with Crippen molar-refractivity contribution < 1.29 is 4.79 Å². The van der Waals surface area contributed by atoms with E-state index in [0.29, 0.717) is 18.9 Å². The molecular formula is C14H21N3O. The monoisotopic (exact) mass is 247 g/mol. The molecule has 0 atom stereocenters. The van der Waals surface area contributed by atoms with Gasteiger partial charge in [0.1, 0.15) is 0 Å². The number of pyridine rings is 1. The molecule has 1 fully saturated rings. The molecule has 4 nitrogen and oxygen atoms in total. The number of aromatic nitrogens is 1. The largest absolute Gasteiger partial charge is 0.356 e. The average Bonchev–Trinajstić information content (AvgIpc) is 2.41. The van der Waals surface area contributed by atoms with Gasteiger partial charge >= 0.3 is 0 Å². The molecule has 1 aromatic heterocycles. The lowest BCUT2D eigenvalue weighted by atomic mass is 9.94. The summed E-state index contributed by atoms with van der Waals surface area (Å²) >= 11 is 0. The first kappa shape index (κ1) is 13.0. The van der Waals surface area contributed by atoms with Crippen LogP contribution in [0.4, 0.5) is 0 Å². The van der Waals surface area contributed by atoms with E-state index in [1.165, 1.54) is 5.56 Å². The van der Waals surface area contributed by atoms with Gasteiger partial charge in [-0.05, 0) is 56.0 Å². The Morgan fingerprint density at radius 2 is 2.06 bits per heavy atom. The molecule has 1 saturated heterocycles. The van der Waals surface area contributed by atoms with Crippen LogP contribution in [0.25, 0.3) is 0 Å². The molecule has 18 heavy (non-hydrogen) atoms. The Hall–Kier alpha value is -1.42. The van der Waals surface area contributed by atoms with Crippen molar-refractivity contribution in [2.45, 2.75) is 25.7 Å². The molecule has 0 spiro atoms. The van der Waals surface area contributed by atoms with Gasteiger partial charge in [-0.2, -0.15) is 0 Å². The first-order chi connectivity index (χ1) is 8.84. The Balaban J connectivity index is 1.62. The van der Waals surface area contributed by atoms with Crippen LogP contribution in [-0.4, -0.2) is 30.5 Å². The van der Waals surface area contributed by atoms with Gasteiger partial charge in [0.15, 0.2) is 0 Å². The number of nitrogens with zero attached hydrogens (tertiary/aromatic N) is 1. The molecule has 0 radical (unpaired) electrons. The topological polar surface area (TPSA) is 54.0 Å². The van der Waals surface area contributed by atoms with E-state index in [-0.39, 0.29) is 5.91 Å². The van der Waals surface area contributed by atoms with Crippen LogP contribution < -0.4 is 10.6 Å². The van der Waals surface area contributed by atoms with Gasteiger partial charge in [-0.25, -0.2) is 0 Å². The third-order valence-corrected chi connectivity index (χ3v) is 3.42. The van der Waals surface area contributed by atoms with Crippen molar-refractivity contribution >= 4 is 5.91 Å². The van der Waals surface area contributed by atoms with Crippen molar-refractivity contribution in [3.05, 3.63) is 30.1 Å². The maximum atomic E-state index is 11.8. The molecule has 1 aliphatic rings. The number of rotatable bonds is 5. The predicted octanol–water partition coefficient (Wildman–Crippen LogP) is 1.13. The lowest BCUT2D eigenvalue weighted by Gasteiger charge is -2.21. The summed E-state index contributed by atoms with van der Waals surface area (Å²) in [5.41, 5.74) is 1.21. The second-order valence-corrected chi connectivity index (χ2v) is 4.85. The third kappa shape index (κ3) is 4.45. The van der Waals surface area contributed by atoms with Crippen LogP contribution in [0.3, 0.4) is 0 Å².